The van der Waals surface area contributed by atoms with Crippen molar-refractivity contribution in [2.45, 2.75) is 25.7 Å². The van der Waals surface area contributed by atoms with Crippen molar-refractivity contribution in [2.75, 3.05) is 20.2 Å². The summed E-state index contributed by atoms with van der Waals surface area (Å²) in [6.45, 7) is 1.94. The van der Waals surface area contributed by atoms with E-state index in [0.717, 1.165) is 29.8 Å². The van der Waals surface area contributed by atoms with Crippen molar-refractivity contribution in [3.63, 3.8) is 0 Å². The van der Waals surface area contributed by atoms with Crippen LogP contribution in [-0.4, -0.2) is 20.2 Å². The van der Waals surface area contributed by atoms with E-state index in [1.807, 2.05) is 31.3 Å². The van der Waals surface area contributed by atoms with Crippen LogP contribution in [0.1, 0.15) is 25.7 Å². The summed E-state index contributed by atoms with van der Waals surface area (Å²) in [6.07, 6.45) is 5.22. The van der Waals surface area contributed by atoms with Crippen molar-refractivity contribution in [1.29, 1.82) is 0 Å². The molecule has 2 nitrogen and oxygen atoms in total. The molecule has 1 aliphatic carbocycles. The first-order valence-corrected chi connectivity index (χ1v) is 7.06. The minimum absolute atomic E-state index is 0.504. The van der Waals surface area contributed by atoms with Crippen molar-refractivity contribution in [3.05, 3.63) is 28.7 Å². The van der Waals surface area contributed by atoms with Crippen molar-refractivity contribution < 1.29 is 4.74 Å². The quantitative estimate of drug-likeness (QED) is 0.866. The van der Waals surface area contributed by atoms with Gasteiger partial charge in [0.2, 0.25) is 0 Å². The maximum atomic E-state index is 5.79. The molecule has 0 bridgehead atoms. The van der Waals surface area contributed by atoms with Crippen LogP contribution in [0, 0.1) is 5.41 Å². The number of hydrogen-bond donors (Lipinski definition) is 1. The number of rotatable bonds is 6. The zero-order chi connectivity index (χ0) is 12.1. The zero-order valence-electron chi connectivity index (χ0n) is 10.3. The van der Waals surface area contributed by atoms with Crippen LogP contribution < -0.4 is 10.1 Å². The van der Waals surface area contributed by atoms with E-state index in [2.05, 4.69) is 21.2 Å². The Balaban J connectivity index is 1.77. The molecule has 1 N–H and O–H groups in total. The average Bonchev–Trinajstić information content (AvgIpc) is 2.28. The monoisotopic (exact) mass is 297 g/mol. The highest BCUT2D eigenvalue weighted by Gasteiger charge is 2.35. The highest BCUT2D eigenvalue weighted by molar-refractivity contribution is 9.10. The van der Waals surface area contributed by atoms with Gasteiger partial charge in [0.15, 0.2) is 0 Å². The fraction of sp³-hybridized carbons (Fsp3) is 0.571. The third kappa shape index (κ3) is 3.46. The van der Waals surface area contributed by atoms with E-state index in [9.17, 15) is 0 Å². The van der Waals surface area contributed by atoms with Gasteiger partial charge in [0.25, 0.3) is 0 Å². The highest BCUT2D eigenvalue weighted by atomic mass is 79.9. The molecule has 0 aromatic heterocycles. The Morgan fingerprint density at radius 2 is 2.00 bits per heavy atom. The zero-order valence-corrected chi connectivity index (χ0v) is 11.9. The lowest BCUT2D eigenvalue weighted by molar-refractivity contribution is 0.0946. The van der Waals surface area contributed by atoms with Crippen molar-refractivity contribution >= 4 is 15.9 Å². The summed E-state index contributed by atoms with van der Waals surface area (Å²) in [7, 11) is 2.04. The van der Waals surface area contributed by atoms with Gasteiger partial charge in [0.1, 0.15) is 5.75 Å². The van der Waals surface area contributed by atoms with E-state index in [0.29, 0.717) is 5.41 Å². The van der Waals surface area contributed by atoms with Crippen LogP contribution in [0.3, 0.4) is 0 Å². The second-order valence-corrected chi connectivity index (χ2v) is 5.85. The van der Waals surface area contributed by atoms with Crippen molar-refractivity contribution in [1.82, 2.24) is 5.32 Å². The molecule has 0 aliphatic heterocycles. The molecule has 1 saturated carbocycles. The Hall–Kier alpha value is -0.540. The maximum Gasteiger partial charge on any atom is 0.119 e. The van der Waals surface area contributed by atoms with Crippen LogP contribution in [0.5, 0.6) is 5.75 Å². The number of nitrogens with one attached hydrogen (secondary N) is 1. The van der Waals surface area contributed by atoms with Crippen molar-refractivity contribution in [3.8, 4) is 5.75 Å². The van der Waals surface area contributed by atoms with Gasteiger partial charge in [-0.2, -0.15) is 0 Å². The Bertz CT molecular complexity index is 346. The van der Waals surface area contributed by atoms with Crippen molar-refractivity contribution in [2.24, 2.45) is 5.41 Å². The van der Waals surface area contributed by atoms with Gasteiger partial charge >= 0.3 is 0 Å². The fourth-order valence-electron chi connectivity index (χ4n) is 2.48. The summed E-state index contributed by atoms with van der Waals surface area (Å²) < 4.78 is 6.88. The summed E-state index contributed by atoms with van der Waals surface area (Å²) in [6, 6.07) is 8.05. The second kappa shape index (κ2) is 5.87. The fourth-order valence-corrected chi connectivity index (χ4v) is 2.75. The molecule has 0 saturated heterocycles. The first-order chi connectivity index (χ1) is 8.24. The normalized spacial score (nSPS) is 17.5. The number of benzene rings is 1. The van der Waals surface area contributed by atoms with E-state index in [1.54, 1.807) is 0 Å². The van der Waals surface area contributed by atoms with Crippen LogP contribution in [0.4, 0.5) is 0 Å². The van der Waals surface area contributed by atoms with Crippen LogP contribution in [0.25, 0.3) is 0 Å². The lowest BCUT2D eigenvalue weighted by Crippen LogP contribution is -2.39. The third-order valence-electron chi connectivity index (χ3n) is 3.68. The van der Waals surface area contributed by atoms with Gasteiger partial charge in [0, 0.05) is 11.0 Å². The lowest BCUT2D eigenvalue weighted by Gasteiger charge is -2.42. The predicted octanol–water partition coefficient (Wildman–Crippen LogP) is 3.61. The van der Waals surface area contributed by atoms with E-state index in [1.165, 1.54) is 19.3 Å². The summed E-state index contributed by atoms with van der Waals surface area (Å²) in [5, 5.41) is 3.30. The summed E-state index contributed by atoms with van der Waals surface area (Å²) in [5.74, 6) is 0.965. The Labute approximate surface area is 112 Å². The second-order valence-electron chi connectivity index (χ2n) is 4.94. The van der Waals surface area contributed by atoms with Gasteiger partial charge in [-0.25, -0.2) is 0 Å². The molecular formula is C14H20BrNO. The third-order valence-corrected chi connectivity index (χ3v) is 4.21. The van der Waals surface area contributed by atoms with E-state index in [4.69, 9.17) is 4.74 Å². The Kier molecular flexibility index (Phi) is 4.46. The Morgan fingerprint density at radius 1 is 1.29 bits per heavy atom. The smallest absolute Gasteiger partial charge is 0.119 e. The number of ether oxygens (including phenoxy) is 1. The van der Waals surface area contributed by atoms with E-state index >= 15 is 0 Å². The van der Waals surface area contributed by atoms with Gasteiger partial charge in [-0.1, -0.05) is 22.4 Å². The van der Waals surface area contributed by atoms with Crippen LogP contribution in [0.2, 0.25) is 0 Å². The molecule has 0 atom stereocenters. The molecular weight excluding hydrogens is 278 g/mol. The molecule has 3 heteroatoms. The predicted molar refractivity (Wildman–Crippen MR) is 74.5 cm³/mol. The van der Waals surface area contributed by atoms with E-state index in [-0.39, 0.29) is 0 Å². The van der Waals surface area contributed by atoms with E-state index < -0.39 is 0 Å². The molecule has 94 valence electrons. The molecule has 1 fully saturated rings. The van der Waals surface area contributed by atoms with Gasteiger partial charge in [0.05, 0.1) is 6.61 Å². The minimum Gasteiger partial charge on any atom is -0.494 e. The molecule has 1 aromatic rings. The molecule has 0 unspecified atom stereocenters. The first kappa shape index (κ1) is 12.9. The molecule has 0 radical (unpaired) electrons. The summed E-state index contributed by atoms with van der Waals surface area (Å²) in [4.78, 5) is 0. The summed E-state index contributed by atoms with van der Waals surface area (Å²) >= 11 is 3.42. The molecule has 0 amide bonds. The van der Waals surface area contributed by atoms with Gasteiger partial charge < -0.3 is 10.1 Å². The Morgan fingerprint density at radius 3 is 2.53 bits per heavy atom. The molecule has 17 heavy (non-hydrogen) atoms. The first-order valence-electron chi connectivity index (χ1n) is 6.27. The van der Waals surface area contributed by atoms with Gasteiger partial charge in [-0.05, 0) is 56.0 Å². The van der Waals surface area contributed by atoms with Gasteiger partial charge in [-0.3, -0.25) is 0 Å². The molecule has 1 aliphatic rings. The number of halogens is 1. The summed E-state index contributed by atoms with van der Waals surface area (Å²) in [5.41, 5.74) is 0.504. The molecule has 0 spiro atoms. The lowest BCUT2D eigenvalue weighted by atomic mass is 9.67. The highest BCUT2D eigenvalue weighted by Crippen LogP contribution is 2.43. The topological polar surface area (TPSA) is 21.3 Å². The largest absolute Gasteiger partial charge is 0.494 e. The molecule has 0 heterocycles. The van der Waals surface area contributed by atoms with Crippen LogP contribution in [0.15, 0.2) is 28.7 Å². The minimum atomic E-state index is 0.504. The van der Waals surface area contributed by atoms with Crippen LogP contribution in [-0.2, 0) is 0 Å². The van der Waals surface area contributed by atoms with Crippen LogP contribution >= 0.6 is 15.9 Å². The maximum absolute atomic E-state index is 5.79. The molecule has 2 rings (SSSR count). The SMILES string of the molecule is CNCC1(CCOc2ccc(Br)cc2)CCC1. The standard InChI is InChI=1S/C14H20BrNO/c1-16-11-14(7-2-8-14)9-10-17-13-5-3-12(15)4-6-13/h3-6,16H,2,7-11H2,1H3. The average molecular weight is 298 g/mol. The number of hydrogen-bond acceptors (Lipinski definition) is 2. The van der Waals surface area contributed by atoms with Gasteiger partial charge in [-0.15, -0.1) is 0 Å². The molecule has 1 aromatic carbocycles.